The third kappa shape index (κ3) is 5.64. The molecule has 0 saturated carbocycles. The predicted octanol–water partition coefficient (Wildman–Crippen LogP) is 3.80. The zero-order valence-corrected chi connectivity index (χ0v) is 16.0. The zero-order valence-electron chi connectivity index (χ0n) is 16.0. The molecule has 0 heterocycles. The van der Waals surface area contributed by atoms with Gasteiger partial charge in [0.2, 0.25) is 0 Å². The van der Waals surface area contributed by atoms with Gasteiger partial charge in [-0.1, -0.05) is 17.9 Å². The van der Waals surface area contributed by atoms with E-state index in [1.165, 1.54) is 25.3 Å². The first-order valence-corrected chi connectivity index (χ1v) is 8.61. The van der Waals surface area contributed by atoms with Gasteiger partial charge in [-0.25, -0.2) is 0 Å². The van der Waals surface area contributed by atoms with Crippen LogP contribution in [-0.2, 0) is 6.18 Å². The number of methoxy groups -OCH3 is 1. The SMILES string of the molecule is CCOc1cc(C(=O)NCC#Cc2cccc(C(F)(F)F)c2)c([N+](=O)[O-])cc1OC. The van der Waals surface area contributed by atoms with Crippen molar-refractivity contribution in [1.29, 1.82) is 0 Å². The molecule has 0 spiro atoms. The van der Waals surface area contributed by atoms with E-state index < -0.39 is 28.3 Å². The number of nitrogens with zero attached hydrogens (tertiary/aromatic N) is 1. The Morgan fingerprint density at radius 1 is 1.23 bits per heavy atom. The fraction of sp³-hybridized carbons (Fsp3) is 0.250. The summed E-state index contributed by atoms with van der Waals surface area (Å²) in [5.41, 5.74) is -1.47. The lowest BCUT2D eigenvalue weighted by Crippen LogP contribution is -2.24. The molecule has 0 atom stereocenters. The molecule has 2 aromatic carbocycles. The predicted molar refractivity (Wildman–Crippen MR) is 101 cm³/mol. The van der Waals surface area contributed by atoms with Crippen molar-refractivity contribution in [2.24, 2.45) is 0 Å². The Balaban J connectivity index is 2.18. The second-order valence-corrected chi connectivity index (χ2v) is 5.77. The minimum absolute atomic E-state index is 0.101. The highest BCUT2D eigenvalue weighted by atomic mass is 19.4. The molecule has 0 aliphatic heterocycles. The van der Waals surface area contributed by atoms with Crippen LogP contribution in [0.2, 0.25) is 0 Å². The van der Waals surface area contributed by atoms with Crippen molar-refractivity contribution in [3.8, 4) is 23.3 Å². The monoisotopic (exact) mass is 422 g/mol. The quantitative estimate of drug-likeness (QED) is 0.434. The lowest BCUT2D eigenvalue weighted by molar-refractivity contribution is -0.385. The van der Waals surface area contributed by atoms with Gasteiger partial charge in [0.15, 0.2) is 11.5 Å². The van der Waals surface area contributed by atoms with E-state index in [0.717, 1.165) is 18.2 Å². The van der Waals surface area contributed by atoms with E-state index in [1.807, 2.05) is 0 Å². The highest BCUT2D eigenvalue weighted by Crippen LogP contribution is 2.34. The average Bonchev–Trinajstić information content (AvgIpc) is 2.70. The van der Waals surface area contributed by atoms with Crippen molar-refractivity contribution in [3.63, 3.8) is 0 Å². The molecular weight excluding hydrogens is 405 g/mol. The average molecular weight is 422 g/mol. The number of alkyl halides is 3. The van der Waals surface area contributed by atoms with E-state index in [4.69, 9.17) is 9.47 Å². The molecule has 10 heteroatoms. The molecule has 2 aromatic rings. The molecule has 2 rings (SSSR count). The molecule has 1 N–H and O–H groups in total. The molecule has 158 valence electrons. The molecule has 0 fully saturated rings. The minimum Gasteiger partial charge on any atom is -0.493 e. The largest absolute Gasteiger partial charge is 0.493 e. The lowest BCUT2D eigenvalue weighted by Gasteiger charge is -2.11. The Hall–Kier alpha value is -3.74. The van der Waals surface area contributed by atoms with Crippen molar-refractivity contribution in [1.82, 2.24) is 5.32 Å². The zero-order chi connectivity index (χ0) is 22.3. The molecule has 0 bridgehead atoms. The summed E-state index contributed by atoms with van der Waals surface area (Å²) in [7, 11) is 1.31. The standard InChI is InChI=1S/C20H17F3N2O5/c1-3-30-18-11-15(16(25(27)28)12-17(18)29-2)19(26)24-9-5-7-13-6-4-8-14(10-13)20(21,22)23/h4,6,8,10-12H,3,9H2,1-2H3,(H,24,26). The first-order chi connectivity index (χ1) is 14.2. The van der Waals surface area contributed by atoms with Crippen LogP contribution >= 0.6 is 0 Å². The molecule has 0 aliphatic carbocycles. The molecule has 0 radical (unpaired) electrons. The summed E-state index contributed by atoms with van der Waals surface area (Å²) < 4.78 is 48.5. The third-order valence-corrected chi connectivity index (χ3v) is 3.78. The molecule has 0 unspecified atom stereocenters. The van der Waals surface area contributed by atoms with Crippen LogP contribution in [-0.4, -0.2) is 31.1 Å². The number of hydrogen-bond donors (Lipinski definition) is 1. The number of nitro groups is 1. The van der Waals surface area contributed by atoms with Crippen LogP contribution in [0.3, 0.4) is 0 Å². The Labute approximate surface area is 169 Å². The van der Waals surface area contributed by atoms with Gasteiger partial charge in [-0.3, -0.25) is 14.9 Å². The van der Waals surface area contributed by atoms with Gasteiger partial charge in [0.25, 0.3) is 11.6 Å². The number of halogens is 3. The minimum atomic E-state index is -4.49. The summed E-state index contributed by atoms with van der Waals surface area (Å²) in [6.07, 6.45) is -4.49. The summed E-state index contributed by atoms with van der Waals surface area (Å²) in [6.45, 7) is 1.71. The van der Waals surface area contributed by atoms with E-state index >= 15 is 0 Å². The van der Waals surface area contributed by atoms with Crippen molar-refractivity contribution in [3.05, 3.63) is 63.2 Å². The topological polar surface area (TPSA) is 90.7 Å². The van der Waals surface area contributed by atoms with E-state index in [0.29, 0.717) is 0 Å². The Bertz CT molecular complexity index is 1010. The summed E-state index contributed by atoms with van der Waals surface area (Å²) in [6, 6.07) is 6.70. The number of carbonyl (C=O) groups is 1. The molecule has 0 aromatic heterocycles. The van der Waals surface area contributed by atoms with Crippen molar-refractivity contribution >= 4 is 11.6 Å². The molecule has 0 saturated heterocycles. The van der Waals surface area contributed by atoms with Gasteiger partial charge in [0.1, 0.15) is 5.56 Å². The van der Waals surface area contributed by atoms with E-state index in [-0.39, 0.29) is 35.8 Å². The number of hydrogen-bond acceptors (Lipinski definition) is 5. The summed E-state index contributed by atoms with van der Waals surface area (Å²) in [5, 5.41) is 13.7. The number of carbonyl (C=O) groups excluding carboxylic acids is 1. The molecule has 30 heavy (non-hydrogen) atoms. The Morgan fingerprint density at radius 3 is 2.57 bits per heavy atom. The van der Waals surface area contributed by atoms with Gasteiger partial charge in [0, 0.05) is 11.6 Å². The fourth-order valence-electron chi connectivity index (χ4n) is 2.45. The molecular formula is C20H17F3N2O5. The maximum atomic E-state index is 12.7. The Morgan fingerprint density at radius 2 is 1.97 bits per heavy atom. The van der Waals surface area contributed by atoms with Crippen LogP contribution < -0.4 is 14.8 Å². The van der Waals surface area contributed by atoms with Crippen LogP contribution in [0.5, 0.6) is 11.5 Å². The molecule has 0 aliphatic rings. The number of rotatable bonds is 6. The second-order valence-electron chi connectivity index (χ2n) is 5.77. The summed E-state index contributed by atoms with van der Waals surface area (Å²) in [5.74, 6) is 4.50. The number of nitrogens with one attached hydrogen (secondary N) is 1. The number of benzene rings is 2. The first kappa shape index (κ1) is 22.5. The molecule has 1 amide bonds. The summed E-state index contributed by atoms with van der Waals surface area (Å²) >= 11 is 0. The maximum Gasteiger partial charge on any atom is 0.416 e. The van der Waals surface area contributed by atoms with Crippen molar-refractivity contribution in [2.45, 2.75) is 13.1 Å². The van der Waals surface area contributed by atoms with Gasteiger partial charge >= 0.3 is 6.18 Å². The number of nitro benzene ring substituents is 1. The van der Waals surface area contributed by atoms with Crippen LogP contribution in [0, 0.1) is 22.0 Å². The van der Waals surface area contributed by atoms with Gasteiger partial charge in [-0.15, -0.1) is 0 Å². The van der Waals surface area contributed by atoms with Gasteiger partial charge in [-0.2, -0.15) is 13.2 Å². The van der Waals surface area contributed by atoms with Crippen LogP contribution in [0.1, 0.15) is 28.4 Å². The molecule has 7 nitrogen and oxygen atoms in total. The number of ether oxygens (including phenoxy) is 2. The maximum absolute atomic E-state index is 12.7. The summed E-state index contributed by atoms with van der Waals surface area (Å²) in [4.78, 5) is 23.0. The fourth-order valence-corrected chi connectivity index (χ4v) is 2.45. The van der Waals surface area contributed by atoms with Gasteiger partial charge in [-0.05, 0) is 25.1 Å². The first-order valence-electron chi connectivity index (χ1n) is 8.61. The third-order valence-electron chi connectivity index (χ3n) is 3.78. The Kier molecular flexibility index (Phi) is 7.25. The normalized spacial score (nSPS) is 10.6. The highest BCUT2D eigenvalue weighted by Gasteiger charge is 2.30. The van der Waals surface area contributed by atoms with Crippen molar-refractivity contribution < 1.29 is 32.4 Å². The van der Waals surface area contributed by atoms with Crippen molar-refractivity contribution in [2.75, 3.05) is 20.3 Å². The van der Waals surface area contributed by atoms with Crippen LogP contribution in [0.4, 0.5) is 18.9 Å². The second kappa shape index (κ2) is 9.65. The highest BCUT2D eigenvalue weighted by molar-refractivity contribution is 5.99. The van der Waals surface area contributed by atoms with E-state index in [1.54, 1.807) is 6.92 Å². The smallest absolute Gasteiger partial charge is 0.416 e. The lowest BCUT2D eigenvalue weighted by atomic mass is 10.1. The van der Waals surface area contributed by atoms with Crippen LogP contribution in [0.25, 0.3) is 0 Å². The van der Waals surface area contributed by atoms with Crippen LogP contribution in [0.15, 0.2) is 36.4 Å². The van der Waals surface area contributed by atoms with E-state index in [2.05, 4.69) is 17.2 Å². The van der Waals surface area contributed by atoms with Gasteiger partial charge < -0.3 is 14.8 Å². The van der Waals surface area contributed by atoms with Gasteiger partial charge in [0.05, 0.1) is 36.8 Å². The van der Waals surface area contributed by atoms with E-state index in [9.17, 15) is 28.1 Å². The number of amides is 1.